The van der Waals surface area contributed by atoms with E-state index in [2.05, 4.69) is 27.4 Å². The van der Waals surface area contributed by atoms with Crippen LogP contribution in [0.2, 0.25) is 0 Å². The Labute approximate surface area is 141 Å². The normalized spacial score (nSPS) is 49.3. The lowest BCUT2D eigenvalue weighted by atomic mass is 9.46. The van der Waals surface area contributed by atoms with Crippen molar-refractivity contribution in [2.45, 2.75) is 72.1 Å². The Morgan fingerprint density at radius 2 is 1.96 bits per heavy atom. The Morgan fingerprint density at radius 3 is 2.70 bits per heavy atom. The van der Waals surface area contributed by atoms with Gasteiger partial charge in [-0.25, -0.2) is 0 Å². The molecular formula is C22H32O. The van der Waals surface area contributed by atoms with Crippen molar-refractivity contribution in [3.63, 3.8) is 0 Å². The van der Waals surface area contributed by atoms with Crippen LogP contribution in [0.3, 0.4) is 0 Å². The zero-order valence-corrected chi connectivity index (χ0v) is 15.2. The lowest BCUT2D eigenvalue weighted by molar-refractivity contribution is -0.117. The third kappa shape index (κ3) is 2.01. The molecule has 0 saturated heterocycles. The number of hydrogen-bond acceptors (Lipinski definition) is 1. The van der Waals surface area contributed by atoms with E-state index in [1.165, 1.54) is 43.3 Å². The minimum absolute atomic E-state index is 0.222. The Bertz CT molecular complexity index is 585. The molecule has 4 rings (SSSR count). The number of hydrogen-bond donors (Lipinski definition) is 0. The van der Waals surface area contributed by atoms with Gasteiger partial charge in [0.05, 0.1) is 0 Å². The van der Waals surface area contributed by atoms with E-state index in [0.29, 0.717) is 11.2 Å². The molecule has 23 heavy (non-hydrogen) atoms. The zero-order valence-electron chi connectivity index (χ0n) is 15.2. The minimum Gasteiger partial charge on any atom is -0.295 e. The summed E-state index contributed by atoms with van der Waals surface area (Å²) in [5, 5.41) is 0. The van der Waals surface area contributed by atoms with Crippen LogP contribution >= 0.6 is 0 Å². The lowest BCUT2D eigenvalue weighted by Gasteiger charge is -2.58. The highest BCUT2D eigenvalue weighted by atomic mass is 16.1. The van der Waals surface area contributed by atoms with Crippen LogP contribution in [-0.2, 0) is 4.79 Å². The van der Waals surface area contributed by atoms with Crippen molar-refractivity contribution in [2.75, 3.05) is 0 Å². The first-order valence-electron chi connectivity index (χ1n) is 9.83. The van der Waals surface area contributed by atoms with Crippen molar-refractivity contribution < 1.29 is 4.79 Å². The third-order valence-corrected chi connectivity index (χ3v) is 8.62. The summed E-state index contributed by atoms with van der Waals surface area (Å²) in [6, 6.07) is 0. The summed E-state index contributed by atoms with van der Waals surface area (Å²) in [6.07, 6.45) is 11.9. The van der Waals surface area contributed by atoms with Gasteiger partial charge >= 0.3 is 0 Å². The first kappa shape index (κ1) is 15.7. The van der Waals surface area contributed by atoms with Gasteiger partial charge < -0.3 is 0 Å². The van der Waals surface area contributed by atoms with Crippen molar-refractivity contribution in [3.8, 4) is 0 Å². The molecule has 0 aromatic carbocycles. The first-order valence-corrected chi connectivity index (χ1v) is 9.83. The Kier molecular flexibility index (Phi) is 3.45. The van der Waals surface area contributed by atoms with E-state index in [0.717, 1.165) is 42.9 Å². The highest BCUT2D eigenvalue weighted by Crippen LogP contribution is 2.67. The molecule has 0 amide bonds. The molecule has 1 heteroatoms. The quantitative estimate of drug-likeness (QED) is 0.606. The van der Waals surface area contributed by atoms with Crippen molar-refractivity contribution in [2.24, 2.45) is 34.5 Å². The highest BCUT2D eigenvalue weighted by Gasteiger charge is 2.59. The summed E-state index contributed by atoms with van der Waals surface area (Å²) in [5.74, 6) is 3.73. The Morgan fingerprint density at radius 1 is 1.17 bits per heavy atom. The molecule has 0 heterocycles. The zero-order chi connectivity index (χ0) is 16.4. The molecular weight excluding hydrogens is 280 g/mol. The van der Waals surface area contributed by atoms with E-state index in [1.807, 2.05) is 6.08 Å². The largest absolute Gasteiger partial charge is 0.295 e. The third-order valence-electron chi connectivity index (χ3n) is 8.62. The molecule has 0 aromatic heterocycles. The van der Waals surface area contributed by atoms with Gasteiger partial charge in [0.2, 0.25) is 0 Å². The van der Waals surface area contributed by atoms with Crippen LogP contribution in [-0.4, -0.2) is 5.78 Å². The fraction of sp³-hybridized carbons (Fsp3) is 0.773. The Balaban J connectivity index is 1.72. The molecule has 4 aliphatic carbocycles. The molecule has 0 bridgehead atoms. The van der Waals surface area contributed by atoms with Gasteiger partial charge in [0.15, 0.2) is 5.78 Å². The molecule has 3 saturated carbocycles. The SMILES string of the molecule is C=C1C[C@H]2[C@@H]3CC[C@H](CC)[C@@]3(C)CC[C@@H]2[C@@]2(C)CCC(=O)C=C12. The van der Waals surface area contributed by atoms with E-state index < -0.39 is 0 Å². The fourth-order valence-corrected chi connectivity index (χ4v) is 7.34. The molecule has 3 fully saturated rings. The summed E-state index contributed by atoms with van der Waals surface area (Å²) in [5.41, 5.74) is 3.40. The first-order chi connectivity index (χ1) is 10.9. The number of allylic oxidation sites excluding steroid dienone is 2. The second-order valence-corrected chi connectivity index (χ2v) is 9.35. The lowest BCUT2D eigenvalue weighted by Crippen LogP contribution is -2.50. The van der Waals surface area contributed by atoms with E-state index >= 15 is 0 Å². The van der Waals surface area contributed by atoms with E-state index in [-0.39, 0.29) is 5.41 Å². The smallest absolute Gasteiger partial charge is 0.156 e. The van der Waals surface area contributed by atoms with Gasteiger partial charge in [-0.2, -0.15) is 0 Å². The van der Waals surface area contributed by atoms with Crippen LogP contribution in [0.4, 0.5) is 0 Å². The summed E-state index contributed by atoms with van der Waals surface area (Å²) < 4.78 is 0. The number of fused-ring (bicyclic) bond motifs is 5. The summed E-state index contributed by atoms with van der Waals surface area (Å²) >= 11 is 0. The second kappa shape index (κ2) is 5.07. The maximum absolute atomic E-state index is 12.0. The summed E-state index contributed by atoms with van der Waals surface area (Å²) in [7, 11) is 0. The molecule has 0 N–H and O–H groups in total. The number of carbonyl (C=O) groups excluding carboxylic acids is 1. The van der Waals surface area contributed by atoms with Gasteiger partial charge in [0.1, 0.15) is 0 Å². The summed E-state index contributed by atoms with van der Waals surface area (Å²) in [4.78, 5) is 12.0. The fourth-order valence-electron chi connectivity index (χ4n) is 7.34. The van der Waals surface area contributed by atoms with Gasteiger partial charge in [-0.15, -0.1) is 0 Å². The minimum atomic E-state index is 0.222. The number of ketones is 1. The molecule has 4 aliphatic rings. The second-order valence-electron chi connectivity index (χ2n) is 9.35. The topological polar surface area (TPSA) is 17.1 Å². The molecule has 6 atom stereocenters. The van der Waals surface area contributed by atoms with Gasteiger partial charge in [-0.3, -0.25) is 4.79 Å². The standard InChI is InChI=1S/C22H32O/c1-5-15-6-7-18-17-12-14(2)20-13-16(23)8-10-22(20,4)19(17)9-11-21(15,18)3/h13,15,17-19H,2,5-12H2,1,3-4H3/t15-,17-,18-,19-,21+,22+/m0/s1. The maximum Gasteiger partial charge on any atom is 0.156 e. The Hall–Kier alpha value is -0.850. The van der Waals surface area contributed by atoms with Crippen LogP contribution in [0.5, 0.6) is 0 Å². The van der Waals surface area contributed by atoms with Gasteiger partial charge in [0, 0.05) is 6.42 Å². The van der Waals surface area contributed by atoms with Crippen molar-refractivity contribution in [1.29, 1.82) is 0 Å². The van der Waals surface area contributed by atoms with Crippen LogP contribution in [0.25, 0.3) is 0 Å². The maximum atomic E-state index is 12.0. The molecule has 126 valence electrons. The van der Waals surface area contributed by atoms with Gasteiger partial charge in [-0.05, 0) is 84.7 Å². The van der Waals surface area contributed by atoms with Crippen LogP contribution in [0.15, 0.2) is 23.8 Å². The molecule has 1 nitrogen and oxygen atoms in total. The molecule has 0 aliphatic heterocycles. The van der Waals surface area contributed by atoms with E-state index in [1.54, 1.807) is 0 Å². The average molecular weight is 312 g/mol. The van der Waals surface area contributed by atoms with Crippen molar-refractivity contribution in [3.05, 3.63) is 23.8 Å². The van der Waals surface area contributed by atoms with Crippen LogP contribution < -0.4 is 0 Å². The molecule has 0 radical (unpaired) electrons. The van der Waals surface area contributed by atoms with Crippen LogP contribution in [0.1, 0.15) is 72.1 Å². The van der Waals surface area contributed by atoms with Gasteiger partial charge in [-0.1, -0.05) is 39.3 Å². The average Bonchev–Trinajstić information content (AvgIpc) is 2.86. The molecule has 0 unspecified atom stereocenters. The predicted octanol–water partition coefficient (Wildman–Crippen LogP) is 5.71. The van der Waals surface area contributed by atoms with Gasteiger partial charge in [0.25, 0.3) is 0 Å². The van der Waals surface area contributed by atoms with Crippen molar-refractivity contribution in [1.82, 2.24) is 0 Å². The highest BCUT2D eigenvalue weighted by molar-refractivity contribution is 5.92. The van der Waals surface area contributed by atoms with E-state index in [9.17, 15) is 4.79 Å². The monoisotopic (exact) mass is 312 g/mol. The molecule has 0 spiro atoms. The predicted molar refractivity (Wildman–Crippen MR) is 95.0 cm³/mol. The number of rotatable bonds is 1. The van der Waals surface area contributed by atoms with Crippen LogP contribution in [0, 0.1) is 34.5 Å². The van der Waals surface area contributed by atoms with Crippen molar-refractivity contribution >= 4 is 5.78 Å². The molecule has 0 aromatic rings. The number of carbonyl (C=O) groups is 1. The van der Waals surface area contributed by atoms with E-state index in [4.69, 9.17) is 0 Å². The summed E-state index contributed by atoms with van der Waals surface area (Å²) in [6.45, 7) is 11.9.